The van der Waals surface area contributed by atoms with Gasteiger partial charge in [-0.05, 0) is 83.1 Å². The zero-order chi connectivity index (χ0) is 18.9. The molecule has 0 spiro atoms. The summed E-state index contributed by atoms with van der Waals surface area (Å²) in [6, 6.07) is 5.44. The van der Waals surface area contributed by atoms with Gasteiger partial charge in [-0.1, -0.05) is 0 Å². The number of hydrogen-bond donors (Lipinski definition) is 0. The van der Waals surface area contributed by atoms with Crippen LogP contribution in [-0.2, 0) is 0 Å². The molecule has 1 aliphatic rings. The summed E-state index contributed by atoms with van der Waals surface area (Å²) in [6.45, 7) is 28.3. The maximum absolute atomic E-state index is 2.75. The van der Waals surface area contributed by atoms with Crippen molar-refractivity contribution in [2.45, 2.75) is 137 Å². The van der Waals surface area contributed by atoms with Crippen molar-refractivity contribution in [1.82, 2.24) is 14.7 Å². The van der Waals surface area contributed by atoms with Crippen LogP contribution >= 0.6 is 0 Å². The van der Waals surface area contributed by atoms with Crippen molar-refractivity contribution >= 4 is 0 Å². The van der Waals surface area contributed by atoms with Gasteiger partial charge in [0.15, 0.2) is 0 Å². The lowest BCUT2D eigenvalue weighted by Crippen LogP contribution is -2.46. The normalized spacial score (nSPS) is 25.1. The molecular weight excluding hydrogens is 294 g/mol. The summed E-state index contributed by atoms with van der Waals surface area (Å²) in [6.07, 6.45) is 0. The summed E-state index contributed by atoms with van der Waals surface area (Å²) < 4.78 is 0. The van der Waals surface area contributed by atoms with Crippen molar-refractivity contribution in [2.75, 3.05) is 0 Å². The summed E-state index contributed by atoms with van der Waals surface area (Å²) in [5.41, 5.74) is 0. The van der Waals surface area contributed by atoms with E-state index in [1.54, 1.807) is 0 Å². The van der Waals surface area contributed by atoms with Gasteiger partial charge in [-0.2, -0.15) is 0 Å². The van der Waals surface area contributed by atoms with Crippen LogP contribution in [0, 0.1) is 0 Å². The molecule has 0 aromatic carbocycles. The monoisotopic (exact) mass is 339 g/mol. The first-order valence-corrected chi connectivity index (χ1v) is 10.3. The molecule has 0 N–H and O–H groups in total. The molecule has 3 nitrogen and oxygen atoms in total. The van der Waals surface area contributed by atoms with E-state index < -0.39 is 0 Å². The highest BCUT2D eigenvalue weighted by atomic mass is 15.4. The molecule has 0 aromatic heterocycles. The molecule has 0 saturated heterocycles. The topological polar surface area (TPSA) is 9.72 Å². The fourth-order valence-electron chi connectivity index (χ4n) is 5.18. The van der Waals surface area contributed by atoms with Gasteiger partial charge in [0.25, 0.3) is 0 Å². The molecule has 0 aliphatic heterocycles. The van der Waals surface area contributed by atoms with E-state index in [0.29, 0.717) is 54.4 Å². The minimum Gasteiger partial charge on any atom is -0.292 e. The third-order valence-corrected chi connectivity index (χ3v) is 5.52. The second-order valence-corrected chi connectivity index (χ2v) is 9.38. The highest BCUT2D eigenvalue weighted by molar-refractivity contribution is 5.20. The van der Waals surface area contributed by atoms with Crippen molar-refractivity contribution < 1.29 is 0 Å². The summed E-state index contributed by atoms with van der Waals surface area (Å²) in [5, 5.41) is 0. The lowest BCUT2D eigenvalue weighted by atomic mass is 10.2. The van der Waals surface area contributed by atoms with Crippen molar-refractivity contribution in [3.8, 4) is 0 Å². The Morgan fingerprint density at radius 1 is 0.333 bits per heavy atom. The number of hydrogen-bond acceptors (Lipinski definition) is 3. The Kier molecular flexibility index (Phi) is 7.77. The van der Waals surface area contributed by atoms with Gasteiger partial charge < -0.3 is 0 Å². The molecule has 1 saturated carbocycles. The van der Waals surface area contributed by atoms with Crippen LogP contribution < -0.4 is 0 Å². The Labute approximate surface area is 152 Å². The van der Waals surface area contributed by atoms with E-state index in [1.807, 2.05) is 0 Å². The predicted molar refractivity (Wildman–Crippen MR) is 108 cm³/mol. The summed E-state index contributed by atoms with van der Waals surface area (Å²) in [5.74, 6) is 0. The largest absolute Gasteiger partial charge is 0.292 e. The molecule has 0 aromatic rings. The van der Waals surface area contributed by atoms with Crippen LogP contribution in [-0.4, -0.2) is 69.1 Å². The fraction of sp³-hybridized carbons (Fsp3) is 1.00. The Balaban J connectivity index is 3.25. The maximum Gasteiger partial charge on any atom is 0.0444 e. The second-order valence-electron chi connectivity index (χ2n) is 9.38. The van der Waals surface area contributed by atoms with Crippen molar-refractivity contribution in [3.05, 3.63) is 0 Å². The highest BCUT2D eigenvalue weighted by Crippen LogP contribution is 2.43. The van der Waals surface area contributed by atoms with Crippen LogP contribution in [0.25, 0.3) is 0 Å². The zero-order valence-corrected chi connectivity index (χ0v) is 18.5. The van der Waals surface area contributed by atoms with Crippen LogP contribution in [0.5, 0.6) is 0 Å². The minimum atomic E-state index is 0.588. The molecule has 1 aliphatic carbocycles. The lowest BCUT2D eigenvalue weighted by molar-refractivity contribution is 0.108. The standard InChI is InChI=1S/C21H45N3/c1-13(2)22(14(3)4)19-20(23(15(5)6)16(7)8)21(19)24(17(9)10)18(11)12/h13-21H,1-12H3. The number of nitrogens with zero attached hydrogens (tertiary/aromatic N) is 3. The van der Waals surface area contributed by atoms with E-state index in [-0.39, 0.29) is 0 Å². The molecule has 144 valence electrons. The molecule has 24 heavy (non-hydrogen) atoms. The molecular formula is C21H45N3. The molecule has 0 atom stereocenters. The van der Waals surface area contributed by atoms with Gasteiger partial charge in [-0.15, -0.1) is 0 Å². The summed E-state index contributed by atoms with van der Waals surface area (Å²) in [4.78, 5) is 8.26. The molecule has 0 radical (unpaired) electrons. The van der Waals surface area contributed by atoms with Gasteiger partial charge in [-0.3, -0.25) is 14.7 Å². The molecule has 1 fully saturated rings. The first-order chi connectivity index (χ1) is 10.9. The second kappa shape index (κ2) is 8.51. The quantitative estimate of drug-likeness (QED) is 0.614. The van der Waals surface area contributed by atoms with E-state index in [9.17, 15) is 0 Å². The lowest BCUT2D eigenvalue weighted by Gasteiger charge is -2.35. The highest BCUT2D eigenvalue weighted by Gasteiger charge is 2.61. The molecule has 0 unspecified atom stereocenters. The number of rotatable bonds is 9. The van der Waals surface area contributed by atoms with Crippen LogP contribution in [0.1, 0.15) is 83.1 Å². The average Bonchev–Trinajstić information content (AvgIpc) is 3.00. The Morgan fingerprint density at radius 2 is 0.458 bits per heavy atom. The van der Waals surface area contributed by atoms with Crippen LogP contribution in [0.15, 0.2) is 0 Å². The predicted octanol–water partition coefficient (Wildman–Crippen LogP) is 4.46. The molecule has 0 bridgehead atoms. The third-order valence-electron chi connectivity index (χ3n) is 5.52. The van der Waals surface area contributed by atoms with Gasteiger partial charge >= 0.3 is 0 Å². The fourth-order valence-corrected chi connectivity index (χ4v) is 5.18. The van der Waals surface area contributed by atoms with Crippen LogP contribution in [0.2, 0.25) is 0 Å². The van der Waals surface area contributed by atoms with E-state index in [1.165, 1.54) is 0 Å². The van der Waals surface area contributed by atoms with Gasteiger partial charge in [0.05, 0.1) is 0 Å². The Morgan fingerprint density at radius 3 is 0.542 bits per heavy atom. The van der Waals surface area contributed by atoms with Gasteiger partial charge in [-0.25, -0.2) is 0 Å². The van der Waals surface area contributed by atoms with Gasteiger partial charge in [0.1, 0.15) is 0 Å². The SMILES string of the molecule is CC(C)N(C(C)C)C1C(N(C(C)C)C(C)C)C1N(C(C)C)C(C)C. The molecule has 3 heteroatoms. The van der Waals surface area contributed by atoms with Crippen molar-refractivity contribution in [2.24, 2.45) is 0 Å². The maximum atomic E-state index is 2.75. The smallest absolute Gasteiger partial charge is 0.0444 e. The Bertz CT molecular complexity index is 286. The first kappa shape index (κ1) is 21.9. The van der Waals surface area contributed by atoms with E-state index in [4.69, 9.17) is 0 Å². The Hall–Kier alpha value is -0.120. The van der Waals surface area contributed by atoms with E-state index in [0.717, 1.165) is 0 Å². The average molecular weight is 340 g/mol. The van der Waals surface area contributed by atoms with Crippen molar-refractivity contribution in [3.63, 3.8) is 0 Å². The molecule has 0 amide bonds. The van der Waals surface area contributed by atoms with Crippen LogP contribution in [0.3, 0.4) is 0 Å². The summed E-state index contributed by atoms with van der Waals surface area (Å²) in [7, 11) is 0. The van der Waals surface area contributed by atoms with Crippen LogP contribution in [0.4, 0.5) is 0 Å². The van der Waals surface area contributed by atoms with Gasteiger partial charge in [0.2, 0.25) is 0 Å². The van der Waals surface area contributed by atoms with Crippen molar-refractivity contribution in [1.29, 1.82) is 0 Å². The first-order valence-electron chi connectivity index (χ1n) is 10.3. The molecule has 0 heterocycles. The summed E-state index contributed by atoms with van der Waals surface area (Å²) >= 11 is 0. The zero-order valence-electron chi connectivity index (χ0n) is 18.5. The van der Waals surface area contributed by atoms with E-state index >= 15 is 0 Å². The van der Waals surface area contributed by atoms with Gasteiger partial charge in [0, 0.05) is 54.4 Å². The van der Waals surface area contributed by atoms with E-state index in [2.05, 4.69) is 97.8 Å². The molecule has 1 rings (SSSR count). The third kappa shape index (κ3) is 4.53. The minimum absolute atomic E-state index is 0.588.